The monoisotopic (exact) mass is 272 g/mol. The molecule has 0 aromatic heterocycles. The molecule has 0 saturated heterocycles. The number of rotatable bonds is 7. The van der Waals surface area contributed by atoms with E-state index in [0.717, 1.165) is 6.42 Å². The molecule has 6 nitrogen and oxygen atoms in total. The molecular weight excluding hydrogens is 248 g/mol. The zero-order valence-electron chi connectivity index (χ0n) is 12.3. The van der Waals surface area contributed by atoms with E-state index in [4.69, 9.17) is 4.74 Å². The van der Waals surface area contributed by atoms with Crippen LogP contribution in [0.25, 0.3) is 0 Å². The highest BCUT2D eigenvalue weighted by atomic mass is 16.5. The Morgan fingerprint density at radius 2 is 1.68 bits per heavy atom. The summed E-state index contributed by atoms with van der Waals surface area (Å²) in [6, 6.07) is -1.37. The molecule has 0 aliphatic rings. The van der Waals surface area contributed by atoms with Crippen molar-refractivity contribution in [3.05, 3.63) is 0 Å². The Kier molecular flexibility index (Phi) is 7.79. The van der Waals surface area contributed by atoms with Crippen molar-refractivity contribution in [3.8, 4) is 0 Å². The van der Waals surface area contributed by atoms with E-state index >= 15 is 0 Å². The average Bonchev–Trinajstić information content (AvgIpc) is 2.33. The standard InChI is InChI=1S/C13H24N2O4/c1-6-8(3)11(13(18)19-7-2)15-12(17)9(4)14-10(5)16/h8-9,11H,6-7H2,1-5H3,(H,14,16)(H,15,17)/t8-,9-,11-/m0/s1. The van der Waals surface area contributed by atoms with Crippen LogP contribution in [0.1, 0.15) is 41.0 Å². The Bertz CT molecular complexity index is 331. The molecule has 0 rings (SSSR count). The third-order valence-electron chi connectivity index (χ3n) is 2.86. The van der Waals surface area contributed by atoms with Gasteiger partial charge in [-0.3, -0.25) is 9.59 Å². The second kappa shape index (κ2) is 8.50. The number of hydrogen-bond acceptors (Lipinski definition) is 4. The van der Waals surface area contributed by atoms with Gasteiger partial charge in [0, 0.05) is 6.92 Å². The van der Waals surface area contributed by atoms with Gasteiger partial charge in [0.05, 0.1) is 6.61 Å². The van der Waals surface area contributed by atoms with E-state index in [1.165, 1.54) is 6.92 Å². The van der Waals surface area contributed by atoms with Crippen LogP contribution in [0, 0.1) is 5.92 Å². The number of esters is 1. The molecule has 3 atom stereocenters. The molecular formula is C13H24N2O4. The van der Waals surface area contributed by atoms with Crippen molar-refractivity contribution in [1.29, 1.82) is 0 Å². The van der Waals surface area contributed by atoms with Gasteiger partial charge in [0.2, 0.25) is 11.8 Å². The van der Waals surface area contributed by atoms with Crippen LogP contribution in [0.3, 0.4) is 0 Å². The predicted octanol–water partition coefficient (Wildman–Crippen LogP) is 0.605. The summed E-state index contributed by atoms with van der Waals surface area (Å²) in [7, 11) is 0. The quantitative estimate of drug-likeness (QED) is 0.665. The Labute approximate surface area is 114 Å². The second-order valence-corrected chi connectivity index (χ2v) is 4.55. The molecule has 0 aromatic carbocycles. The van der Waals surface area contributed by atoms with Gasteiger partial charge in [0.1, 0.15) is 12.1 Å². The van der Waals surface area contributed by atoms with Gasteiger partial charge in [0.15, 0.2) is 0 Å². The van der Waals surface area contributed by atoms with Gasteiger partial charge in [-0.15, -0.1) is 0 Å². The van der Waals surface area contributed by atoms with Crippen molar-refractivity contribution in [2.45, 2.75) is 53.1 Å². The third-order valence-corrected chi connectivity index (χ3v) is 2.86. The molecule has 0 aliphatic carbocycles. The first-order valence-electron chi connectivity index (χ1n) is 6.57. The van der Waals surface area contributed by atoms with Crippen LogP contribution in [-0.2, 0) is 19.1 Å². The van der Waals surface area contributed by atoms with Crippen LogP contribution in [-0.4, -0.2) is 36.5 Å². The van der Waals surface area contributed by atoms with Gasteiger partial charge < -0.3 is 15.4 Å². The summed E-state index contributed by atoms with van der Waals surface area (Å²) in [5, 5.41) is 5.10. The average molecular weight is 272 g/mol. The minimum Gasteiger partial charge on any atom is -0.464 e. The van der Waals surface area contributed by atoms with E-state index in [2.05, 4.69) is 10.6 Å². The second-order valence-electron chi connectivity index (χ2n) is 4.55. The van der Waals surface area contributed by atoms with Crippen LogP contribution in [0.2, 0.25) is 0 Å². The van der Waals surface area contributed by atoms with E-state index < -0.39 is 24.0 Å². The summed E-state index contributed by atoms with van der Waals surface area (Å²) in [6.45, 7) is 8.68. The summed E-state index contributed by atoms with van der Waals surface area (Å²) in [5.41, 5.74) is 0. The predicted molar refractivity (Wildman–Crippen MR) is 71.3 cm³/mol. The highest BCUT2D eigenvalue weighted by Gasteiger charge is 2.28. The maximum absolute atomic E-state index is 11.9. The summed E-state index contributed by atoms with van der Waals surface area (Å²) in [5.74, 6) is -1.17. The van der Waals surface area contributed by atoms with Crippen LogP contribution < -0.4 is 10.6 Å². The fourth-order valence-electron chi connectivity index (χ4n) is 1.55. The molecule has 0 unspecified atom stereocenters. The van der Waals surface area contributed by atoms with Gasteiger partial charge in [-0.05, 0) is 19.8 Å². The van der Waals surface area contributed by atoms with E-state index in [-0.39, 0.29) is 18.4 Å². The van der Waals surface area contributed by atoms with Crippen molar-refractivity contribution in [2.75, 3.05) is 6.61 Å². The maximum Gasteiger partial charge on any atom is 0.328 e. The molecule has 0 heterocycles. The van der Waals surface area contributed by atoms with E-state index in [0.29, 0.717) is 0 Å². The molecule has 2 amide bonds. The Balaban J connectivity index is 4.67. The van der Waals surface area contributed by atoms with Gasteiger partial charge in [-0.1, -0.05) is 20.3 Å². The maximum atomic E-state index is 11.9. The zero-order valence-corrected chi connectivity index (χ0v) is 12.3. The Morgan fingerprint density at radius 1 is 1.11 bits per heavy atom. The Morgan fingerprint density at radius 3 is 2.11 bits per heavy atom. The number of ether oxygens (including phenoxy) is 1. The summed E-state index contributed by atoms with van der Waals surface area (Å²) >= 11 is 0. The van der Waals surface area contributed by atoms with Crippen LogP contribution in [0.4, 0.5) is 0 Å². The van der Waals surface area contributed by atoms with E-state index in [1.54, 1.807) is 13.8 Å². The summed E-state index contributed by atoms with van der Waals surface area (Å²) in [6.07, 6.45) is 0.734. The smallest absolute Gasteiger partial charge is 0.328 e. The first kappa shape index (κ1) is 17.4. The fourth-order valence-corrected chi connectivity index (χ4v) is 1.55. The van der Waals surface area contributed by atoms with Crippen LogP contribution in [0.5, 0.6) is 0 Å². The minimum absolute atomic E-state index is 0.0347. The lowest BCUT2D eigenvalue weighted by Gasteiger charge is -2.24. The normalized spacial score (nSPS) is 15.0. The van der Waals surface area contributed by atoms with Crippen molar-refractivity contribution in [1.82, 2.24) is 10.6 Å². The first-order chi connectivity index (χ1) is 8.83. The first-order valence-corrected chi connectivity index (χ1v) is 6.57. The van der Waals surface area contributed by atoms with Gasteiger partial charge in [0.25, 0.3) is 0 Å². The van der Waals surface area contributed by atoms with E-state index in [9.17, 15) is 14.4 Å². The summed E-state index contributed by atoms with van der Waals surface area (Å²) in [4.78, 5) is 34.6. The SMILES string of the molecule is CCOC(=O)[C@@H](NC(=O)[C@H](C)NC(C)=O)[C@@H](C)CC. The molecule has 2 N–H and O–H groups in total. The summed E-state index contributed by atoms with van der Waals surface area (Å²) < 4.78 is 4.95. The lowest BCUT2D eigenvalue weighted by atomic mass is 9.99. The number of nitrogens with one attached hydrogen (secondary N) is 2. The highest BCUT2D eigenvalue weighted by molar-refractivity contribution is 5.90. The molecule has 0 bridgehead atoms. The van der Waals surface area contributed by atoms with Crippen LogP contribution >= 0.6 is 0 Å². The molecule has 0 aromatic rings. The fraction of sp³-hybridized carbons (Fsp3) is 0.769. The number of carbonyl (C=O) groups excluding carboxylic acids is 3. The van der Waals surface area contributed by atoms with Crippen molar-refractivity contribution in [3.63, 3.8) is 0 Å². The van der Waals surface area contributed by atoms with E-state index in [1.807, 2.05) is 13.8 Å². The van der Waals surface area contributed by atoms with Crippen LogP contribution in [0.15, 0.2) is 0 Å². The van der Waals surface area contributed by atoms with Crippen molar-refractivity contribution < 1.29 is 19.1 Å². The molecule has 0 saturated carbocycles. The van der Waals surface area contributed by atoms with Crippen molar-refractivity contribution >= 4 is 17.8 Å². The minimum atomic E-state index is -0.686. The lowest BCUT2D eigenvalue weighted by molar-refractivity contribution is -0.149. The molecule has 0 spiro atoms. The van der Waals surface area contributed by atoms with Gasteiger partial charge in [-0.2, -0.15) is 0 Å². The lowest BCUT2D eigenvalue weighted by Crippen LogP contribution is -2.52. The highest BCUT2D eigenvalue weighted by Crippen LogP contribution is 2.09. The van der Waals surface area contributed by atoms with Crippen molar-refractivity contribution in [2.24, 2.45) is 5.92 Å². The molecule has 19 heavy (non-hydrogen) atoms. The Hall–Kier alpha value is -1.59. The molecule has 0 aliphatic heterocycles. The number of carbonyl (C=O) groups is 3. The number of hydrogen-bond donors (Lipinski definition) is 2. The van der Waals surface area contributed by atoms with Gasteiger partial charge >= 0.3 is 5.97 Å². The molecule has 0 fully saturated rings. The molecule has 110 valence electrons. The number of amides is 2. The topological polar surface area (TPSA) is 84.5 Å². The third kappa shape index (κ3) is 6.22. The molecule has 0 radical (unpaired) electrons. The largest absolute Gasteiger partial charge is 0.464 e. The van der Waals surface area contributed by atoms with Gasteiger partial charge in [-0.25, -0.2) is 4.79 Å². The molecule has 6 heteroatoms. The zero-order chi connectivity index (χ0) is 15.0.